The zero-order chi connectivity index (χ0) is 18.1. The van der Waals surface area contributed by atoms with E-state index in [1.807, 2.05) is 41.8 Å². The molecule has 4 rings (SSSR count). The molecular weight excluding hydrogens is 416 g/mol. The molecule has 0 aliphatic heterocycles. The number of carbonyl (C=O) groups excluding carboxylic acids is 1. The molecule has 0 spiro atoms. The van der Waals surface area contributed by atoms with Gasteiger partial charge in [-0.25, -0.2) is 4.98 Å². The normalized spacial score (nSPS) is 10.8. The lowest BCUT2D eigenvalue weighted by atomic mass is 10.2. The van der Waals surface area contributed by atoms with Crippen LogP contribution in [0.1, 0.15) is 10.4 Å². The van der Waals surface area contributed by atoms with Gasteiger partial charge in [-0.15, -0.1) is 11.3 Å². The van der Waals surface area contributed by atoms with Crippen LogP contribution in [0, 0.1) is 0 Å². The Morgan fingerprint density at radius 2 is 2.12 bits per heavy atom. The third-order valence-corrected chi connectivity index (χ3v) is 5.04. The molecular formula is C19H13BrN2O3S. The number of furan rings is 1. The van der Waals surface area contributed by atoms with Gasteiger partial charge in [-0.2, -0.15) is 0 Å². The summed E-state index contributed by atoms with van der Waals surface area (Å²) in [5, 5.41) is 6.12. The predicted octanol–water partition coefficient (Wildman–Crippen LogP) is 5.58. The van der Waals surface area contributed by atoms with Gasteiger partial charge >= 0.3 is 0 Å². The Labute approximate surface area is 161 Å². The Morgan fingerprint density at radius 1 is 1.23 bits per heavy atom. The molecule has 5 nitrogen and oxygen atoms in total. The second-order valence-electron chi connectivity index (χ2n) is 5.52. The summed E-state index contributed by atoms with van der Waals surface area (Å²) in [5.41, 5.74) is 2.00. The van der Waals surface area contributed by atoms with Gasteiger partial charge in [0, 0.05) is 20.8 Å². The first-order valence-corrected chi connectivity index (χ1v) is 9.40. The molecule has 1 amide bonds. The number of carbonyl (C=O) groups is 1. The summed E-state index contributed by atoms with van der Waals surface area (Å²) in [6.45, 7) is 0. The van der Waals surface area contributed by atoms with Crippen LogP contribution < -0.4 is 10.1 Å². The van der Waals surface area contributed by atoms with Gasteiger partial charge in [0.15, 0.2) is 10.9 Å². The number of benzene rings is 2. The smallest absolute Gasteiger partial charge is 0.257 e. The zero-order valence-corrected chi connectivity index (χ0v) is 16.1. The first kappa shape index (κ1) is 16.8. The molecule has 1 N–H and O–H groups in total. The first-order valence-electron chi connectivity index (χ1n) is 7.73. The van der Waals surface area contributed by atoms with Crippen LogP contribution in [0.15, 0.2) is 62.8 Å². The number of halogens is 1. The Bertz CT molecular complexity index is 1100. The number of hydrogen-bond acceptors (Lipinski definition) is 5. The van der Waals surface area contributed by atoms with Crippen LogP contribution in [-0.2, 0) is 0 Å². The molecule has 0 aliphatic carbocycles. The van der Waals surface area contributed by atoms with Gasteiger partial charge in [0.2, 0.25) is 0 Å². The molecule has 0 saturated carbocycles. The number of nitrogens with one attached hydrogen (secondary N) is 1. The van der Waals surface area contributed by atoms with Crippen molar-refractivity contribution in [2.75, 3.05) is 12.4 Å². The van der Waals surface area contributed by atoms with Crippen molar-refractivity contribution in [3.63, 3.8) is 0 Å². The van der Waals surface area contributed by atoms with Crippen molar-refractivity contribution in [2.45, 2.75) is 0 Å². The molecule has 130 valence electrons. The molecule has 0 atom stereocenters. The van der Waals surface area contributed by atoms with Crippen molar-refractivity contribution in [3.8, 4) is 17.2 Å². The fraction of sp³-hybridized carbons (Fsp3) is 0.0526. The van der Waals surface area contributed by atoms with Gasteiger partial charge in [0.05, 0.1) is 7.11 Å². The zero-order valence-electron chi connectivity index (χ0n) is 13.7. The number of hydrogen-bond donors (Lipinski definition) is 1. The van der Waals surface area contributed by atoms with E-state index < -0.39 is 0 Å². The van der Waals surface area contributed by atoms with Crippen molar-refractivity contribution >= 4 is 49.3 Å². The third kappa shape index (κ3) is 3.36. The summed E-state index contributed by atoms with van der Waals surface area (Å²) in [6.07, 6.45) is 0. The minimum absolute atomic E-state index is 0.207. The van der Waals surface area contributed by atoms with Gasteiger partial charge in [0.1, 0.15) is 17.0 Å². The molecule has 0 radical (unpaired) electrons. The van der Waals surface area contributed by atoms with Crippen LogP contribution in [0.4, 0.5) is 5.13 Å². The van der Waals surface area contributed by atoms with Crippen LogP contribution in [0.2, 0.25) is 0 Å². The van der Waals surface area contributed by atoms with E-state index in [2.05, 4.69) is 26.2 Å². The molecule has 0 saturated heterocycles. The Kier molecular flexibility index (Phi) is 4.48. The molecule has 4 aromatic rings. The SMILES string of the molecule is COc1ccc2oc(-c3csc(NC(=O)c4cccc(Br)c4)n3)cc2c1. The second kappa shape index (κ2) is 6.93. The van der Waals surface area contributed by atoms with Gasteiger partial charge in [-0.05, 0) is 42.5 Å². The monoisotopic (exact) mass is 428 g/mol. The van der Waals surface area contributed by atoms with Crippen LogP contribution >= 0.6 is 27.3 Å². The molecule has 2 aromatic carbocycles. The highest BCUT2D eigenvalue weighted by Crippen LogP contribution is 2.32. The average molecular weight is 429 g/mol. The first-order chi connectivity index (χ1) is 12.6. The number of anilines is 1. The van der Waals surface area contributed by atoms with E-state index in [1.165, 1.54) is 11.3 Å². The molecule has 0 aliphatic rings. The van der Waals surface area contributed by atoms with Crippen molar-refractivity contribution in [1.82, 2.24) is 4.98 Å². The van der Waals surface area contributed by atoms with Crippen molar-refractivity contribution in [3.05, 3.63) is 63.9 Å². The molecule has 2 aromatic heterocycles. The molecule has 0 fully saturated rings. The van der Waals surface area contributed by atoms with E-state index in [0.29, 0.717) is 22.1 Å². The highest BCUT2D eigenvalue weighted by Gasteiger charge is 2.13. The highest BCUT2D eigenvalue weighted by molar-refractivity contribution is 9.10. The average Bonchev–Trinajstić information content (AvgIpc) is 3.27. The maximum atomic E-state index is 12.3. The summed E-state index contributed by atoms with van der Waals surface area (Å²) in [6, 6.07) is 14.7. The van der Waals surface area contributed by atoms with E-state index in [0.717, 1.165) is 21.2 Å². The Morgan fingerprint density at radius 3 is 2.92 bits per heavy atom. The van der Waals surface area contributed by atoms with E-state index in [-0.39, 0.29) is 5.91 Å². The van der Waals surface area contributed by atoms with Gasteiger partial charge in [-0.3, -0.25) is 10.1 Å². The Hall–Kier alpha value is -2.64. The predicted molar refractivity (Wildman–Crippen MR) is 106 cm³/mol. The summed E-state index contributed by atoms with van der Waals surface area (Å²) >= 11 is 4.71. The van der Waals surface area contributed by atoms with E-state index in [1.54, 1.807) is 19.2 Å². The summed E-state index contributed by atoms with van der Waals surface area (Å²) in [7, 11) is 1.63. The van der Waals surface area contributed by atoms with Gasteiger partial charge in [-0.1, -0.05) is 22.0 Å². The van der Waals surface area contributed by atoms with Crippen LogP contribution in [-0.4, -0.2) is 18.0 Å². The minimum atomic E-state index is -0.207. The Balaban J connectivity index is 1.57. The number of ether oxygens (including phenoxy) is 1. The number of thiazole rings is 1. The molecule has 7 heteroatoms. The van der Waals surface area contributed by atoms with Crippen molar-refractivity contribution < 1.29 is 13.9 Å². The number of aromatic nitrogens is 1. The summed E-state index contributed by atoms with van der Waals surface area (Å²) < 4.78 is 11.9. The van der Waals surface area contributed by atoms with Crippen LogP contribution in [0.5, 0.6) is 5.75 Å². The van der Waals surface area contributed by atoms with Gasteiger partial charge < -0.3 is 9.15 Å². The minimum Gasteiger partial charge on any atom is -0.497 e. The quantitative estimate of drug-likeness (QED) is 0.460. The van der Waals surface area contributed by atoms with E-state index in [4.69, 9.17) is 9.15 Å². The number of fused-ring (bicyclic) bond motifs is 1. The summed E-state index contributed by atoms with van der Waals surface area (Å²) in [4.78, 5) is 16.8. The lowest BCUT2D eigenvalue weighted by Crippen LogP contribution is -2.11. The molecule has 2 heterocycles. The lowest BCUT2D eigenvalue weighted by Gasteiger charge is -2.01. The third-order valence-electron chi connectivity index (χ3n) is 3.79. The number of amides is 1. The fourth-order valence-electron chi connectivity index (χ4n) is 2.52. The standard InChI is InChI=1S/C19H13BrN2O3S/c1-24-14-5-6-16-12(8-14)9-17(25-16)15-10-26-19(21-15)22-18(23)11-3-2-4-13(20)7-11/h2-10H,1H3,(H,21,22,23). The topological polar surface area (TPSA) is 64.4 Å². The molecule has 0 bridgehead atoms. The highest BCUT2D eigenvalue weighted by atomic mass is 79.9. The van der Waals surface area contributed by atoms with Gasteiger partial charge in [0.25, 0.3) is 5.91 Å². The lowest BCUT2D eigenvalue weighted by molar-refractivity contribution is 0.102. The number of rotatable bonds is 4. The number of methoxy groups -OCH3 is 1. The van der Waals surface area contributed by atoms with Crippen LogP contribution in [0.3, 0.4) is 0 Å². The fourth-order valence-corrected chi connectivity index (χ4v) is 3.61. The largest absolute Gasteiger partial charge is 0.497 e. The van der Waals surface area contributed by atoms with E-state index in [9.17, 15) is 4.79 Å². The number of nitrogens with zero attached hydrogens (tertiary/aromatic N) is 1. The molecule has 26 heavy (non-hydrogen) atoms. The van der Waals surface area contributed by atoms with E-state index >= 15 is 0 Å². The van der Waals surface area contributed by atoms with Crippen LogP contribution in [0.25, 0.3) is 22.4 Å². The molecule has 0 unspecified atom stereocenters. The second-order valence-corrected chi connectivity index (χ2v) is 7.29. The maximum absolute atomic E-state index is 12.3. The summed E-state index contributed by atoms with van der Waals surface area (Å²) in [5.74, 6) is 1.21. The van der Waals surface area contributed by atoms with Crippen molar-refractivity contribution in [1.29, 1.82) is 0 Å². The maximum Gasteiger partial charge on any atom is 0.257 e. The van der Waals surface area contributed by atoms with Crippen molar-refractivity contribution in [2.24, 2.45) is 0 Å².